The monoisotopic (exact) mass is 364 g/mol. The minimum atomic E-state index is -3.57. The second-order valence-corrected chi connectivity index (χ2v) is 7.72. The van der Waals surface area contributed by atoms with Crippen molar-refractivity contribution in [1.82, 2.24) is 10.0 Å². The Morgan fingerprint density at radius 3 is 2.40 bits per heavy atom. The van der Waals surface area contributed by atoms with E-state index < -0.39 is 10.0 Å². The molecule has 0 aliphatic carbocycles. The number of nitrogens with one attached hydrogen (secondary N) is 2. The van der Waals surface area contributed by atoms with Gasteiger partial charge in [0.15, 0.2) is 0 Å². The third-order valence-corrected chi connectivity index (χ3v) is 5.02. The lowest BCUT2D eigenvalue weighted by Gasteiger charge is -2.11. The van der Waals surface area contributed by atoms with Gasteiger partial charge >= 0.3 is 0 Å². The molecule has 7 heteroatoms. The van der Waals surface area contributed by atoms with Crippen molar-refractivity contribution >= 4 is 15.9 Å². The number of sulfonamides is 1. The van der Waals surface area contributed by atoms with E-state index in [1.807, 2.05) is 0 Å². The Kier molecular flexibility index (Phi) is 6.27. The van der Waals surface area contributed by atoms with E-state index in [0.717, 1.165) is 0 Å². The van der Waals surface area contributed by atoms with E-state index in [1.54, 1.807) is 38.1 Å². The summed E-state index contributed by atoms with van der Waals surface area (Å²) in [6.45, 7) is 3.71. The van der Waals surface area contributed by atoms with Gasteiger partial charge in [0.05, 0.1) is 11.3 Å². The number of amides is 1. The van der Waals surface area contributed by atoms with Gasteiger partial charge in [-0.25, -0.2) is 17.5 Å². The number of halogens is 1. The minimum absolute atomic E-state index is 0.132. The molecule has 0 atom stereocenters. The molecule has 5 nitrogen and oxygen atoms in total. The maximum absolute atomic E-state index is 12.9. The van der Waals surface area contributed by atoms with Crippen molar-refractivity contribution in [3.63, 3.8) is 0 Å². The van der Waals surface area contributed by atoms with Crippen molar-refractivity contribution in [3.8, 4) is 0 Å². The molecular formula is C18H21FN2O3S. The summed E-state index contributed by atoms with van der Waals surface area (Å²) in [5.74, 6) is -0.572. The van der Waals surface area contributed by atoms with Gasteiger partial charge in [-0.15, -0.1) is 0 Å². The van der Waals surface area contributed by atoms with Gasteiger partial charge < -0.3 is 5.32 Å². The van der Waals surface area contributed by atoms with Crippen LogP contribution in [0, 0.1) is 5.82 Å². The smallest absolute Gasteiger partial charge is 0.240 e. The van der Waals surface area contributed by atoms with Gasteiger partial charge in [0.2, 0.25) is 15.9 Å². The zero-order valence-electron chi connectivity index (χ0n) is 14.1. The van der Waals surface area contributed by atoms with Gasteiger partial charge in [0, 0.05) is 12.6 Å². The highest BCUT2D eigenvalue weighted by molar-refractivity contribution is 7.89. The number of rotatable bonds is 7. The van der Waals surface area contributed by atoms with Crippen molar-refractivity contribution in [2.75, 3.05) is 0 Å². The first-order chi connectivity index (χ1) is 11.8. The van der Waals surface area contributed by atoms with E-state index in [0.29, 0.717) is 11.1 Å². The molecule has 2 rings (SSSR count). The van der Waals surface area contributed by atoms with Crippen LogP contribution in [0.2, 0.25) is 0 Å². The predicted molar refractivity (Wildman–Crippen MR) is 93.9 cm³/mol. The number of carbonyl (C=O) groups is 1. The maximum Gasteiger partial charge on any atom is 0.240 e. The quantitative estimate of drug-likeness (QED) is 0.792. The largest absolute Gasteiger partial charge is 0.352 e. The number of carbonyl (C=O) groups excluding carboxylic acids is 1. The molecule has 0 unspecified atom stereocenters. The van der Waals surface area contributed by atoms with E-state index in [1.165, 1.54) is 24.3 Å². The highest BCUT2D eigenvalue weighted by Gasteiger charge is 2.15. The summed E-state index contributed by atoms with van der Waals surface area (Å²) in [4.78, 5) is 12.1. The van der Waals surface area contributed by atoms with Crippen molar-refractivity contribution in [3.05, 3.63) is 65.5 Å². The molecule has 0 fully saturated rings. The molecule has 25 heavy (non-hydrogen) atoms. The van der Waals surface area contributed by atoms with E-state index in [9.17, 15) is 17.6 Å². The van der Waals surface area contributed by atoms with Gasteiger partial charge in [-0.2, -0.15) is 0 Å². The van der Waals surface area contributed by atoms with Crippen molar-refractivity contribution < 1.29 is 17.6 Å². The summed E-state index contributed by atoms with van der Waals surface area (Å²) < 4.78 is 39.7. The Morgan fingerprint density at radius 2 is 1.76 bits per heavy atom. The third kappa shape index (κ3) is 5.95. The summed E-state index contributed by atoms with van der Waals surface area (Å²) in [5, 5.41) is 2.73. The van der Waals surface area contributed by atoms with Gasteiger partial charge in [-0.3, -0.25) is 4.79 Å². The molecule has 2 aromatic rings. The van der Waals surface area contributed by atoms with Crippen molar-refractivity contribution in [2.24, 2.45) is 0 Å². The Labute approximate surface area is 147 Å². The molecule has 1 amide bonds. The van der Waals surface area contributed by atoms with Crippen LogP contribution in [0.4, 0.5) is 4.39 Å². The Balaban J connectivity index is 1.98. The summed E-state index contributed by atoms with van der Waals surface area (Å²) in [7, 11) is -3.57. The highest BCUT2D eigenvalue weighted by Crippen LogP contribution is 2.12. The lowest BCUT2D eigenvalue weighted by atomic mass is 10.1. The van der Waals surface area contributed by atoms with E-state index in [2.05, 4.69) is 10.0 Å². The molecule has 0 heterocycles. The average Bonchev–Trinajstić information content (AvgIpc) is 2.54. The molecule has 0 saturated carbocycles. The second kappa shape index (κ2) is 8.22. The zero-order valence-corrected chi connectivity index (χ0v) is 14.9. The second-order valence-electron chi connectivity index (χ2n) is 6.00. The zero-order chi connectivity index (χ0) is 18.4. The molecule has 0 bridgehead atoms. The molecule has 0 saturated heterocycles. The van der Waals surface area contributed by atoms with Crippen LogP contribution in [0.25, 0.3) is 0 Å². The normalized spacial score (nSPS) is 11.5. The first kappa shape index (κ1) is 19.1. The Morgan fingerprint density at radius 1 is 1.08 bits per heavy atom. The van der Waals surface area contributed by atoms with Crippen LogP contribution in [0.5, 0.6) is 0 Å². The lowest BCUT2D eigenvalue weighted by Crippen LogP contribution is -2.30. The summed E-state index contributed by atoms with van der Waals surface area (Å²) in [5.41, 5.74) is 1.38. The first-order valence-electron chi connectivity index (χ1n) is 7.89. The van der Waals surface area contributed by atoms with E-state index >= 15 is 0 Å². The Bertz CT molecular complexity index is 834. The molecule has 2 aromatic carbocycles. The van der Waals surface area contributed by atoms with Crippen LogP contribution in [-0.4, -0.2) is 20.4 Å². The molecule has 0 spiro atoms. The summed E-state index contributed by atoms with van der Waals surface area (Å²) in [6, 6.07) is 11.9. The van der Waals surface area contributed by atoms with Gasteiger partial charge in [0.25, 0.3) is 0 Å². The lowest BCUT2D eigenvalue weighted by molar-refractivity contribution is -0.120. The standard InChI is InChI=1S/C18H21FN2O3S/c1-13(2)21-25(23,24)17-5-3-4-15(10-17)12-20-18(22)11-14-6-8-16(19)9-7-14/h3-10,13,21H,11-12H2,1-2H3,(H,20,22). The van der Waals surface area contributed by atoms with E-state index in [-0.39, 0.29) is 35.6 Å². The Hall–Kier alpha value is -2.25. The number of hydrogen-bond acceptors (Lipinski definition) is 3. The molecule has 2 N–H and O–H groups in total. The number of benzene rings is 2. The number of hydrogen-bond donors (Lipinski definition) is 2. The van der Waals surface area contributed by atoms with Gasteiger partial charge in [0.1, 0.15) is 5.82 Å². The van der Waals surface area contributed by atoms with Crippen LogP contribution in [-0.2, 0) is 27.8 Å². The van der Waals surface area contributed by atoms with Crippen LogP contribution in [0.1, 0.15) is 25.0 Å². The SMILES string of the molecule is CC(C)NS(=O)(=O)c1cccc(CNC(=O)Cc2ccc(F)cc2)c1. The predicted octanol–water partition coefficient (Wildman–Crippen LogP) is 2.37. The van der Waals surface area contributed by atoms with Gasteiger partial charge in [-0.05, 0) is 49.2 Å². The fraction of sp³-hybridized carbons (Fsp3) is 0.278. The fourth-order valence-electron chi connectivity index (χ4n) is 2.25. The fourth-order valence-corrected chi connectivity index (χ4v) is 3.57. The molecule has 0 aliphatic heterocycles. The molecule has 134 valence electrons. The van der Waals surface area contributed by atoms with Crippen molar-refractivity contribution in [2.45, 2.75) is 37.8 Å². The molecule has 0 aliphatic rings. The topological polar surface area (TPSA) is 75.3 Å². The summed E-state index contributed by atoms with van der Waals surface area (Å²) in [6.07, 6.45) is 0.132. The maximum atomic E-state index is 12.9. The van der Waals surface area contributed by atoms with Gasteiger partial charge in [-0.1, -0.05) is 24.3 Å². The highest BCUT2D eigenvalue weighted by atomic mass is 32.2. The molecule has 0 aromatic heterocycles. The average molecular weight is 364 g/mol. The molecule has 0 radical (unpaired) electrons. The van der Waals surface area contributed by atoms with Crippen molar-refractivity contribution in [1.29, 1.82) is 0 Å². The van der Waals surface area contributed by atoms with Crippen LogP contribution < -0.4 is 10.0 Å². The van der Waals surface area contributed by atoms with E-state index in [4.69, 9.17) is 0 Å². The van der Waals surface area contributed by atoms with Crippen LogP contribution >= 0.6 is 0 Å². The minimum Gasteiger partial charge on any atom is -0.352 e. The van der Waals surface area contributed by atoms with Crippen LogP contribution in [0.15, 0.2) is 53.4 Å². The summed E-state index contributed by atoms with van der Waals surface area (Å²) >= 11 is 0. The van der Waals surface area contributed by atoms with Crippen LogP contribution in [0.3, 0.4) is 0 Å². The molecular weight excluding hydrogens is 343 g/mol. The first-order valence-corrected chi connectivity index (χ1v) is 9.37. The third-order valence-electron chi connectivity index (χ3n) is 3.37.